The van der Waals surface area contributed by atoms with Crippen molar-refractivity contribution in [2.45, 2.75) is 31.2 Å². The van der Waals surface area contributed by atoms with Crippen LogP contribution in [0.4, 0.5) is 16.5 Å². The average Bonchev–Trinajstić information content (AvgIpc) is 3.28. The normalized spacial score (nSPS) is 11.5. The molecule has 0 spiro atoms. The van der Waals surface area contributed by atoms with E-state index in [1.165, 1.54) is 24.3 Å². The van der Waals surface area contributed by atoms with Gasteiger partial charge in [-0.15, -0.1) is 0 Å². The van der Waals surface area contributed by atoms with E-state index < -0.39 is 36.8 Å². The van der Waals surface area contributed by atoms with Gasteiger partial charge in [-0.05, 0) is 54.8 Å². The third-order valence-corrected chi connectivity index (χ3v) is 6.79. The van der Waals surface area contributed by atoms with Crippen LogP contribution in [0.3, 0.4) is 0 Å². The topological polar surface area (TPSA) is 182 Å². The second kappa shape index (κ2) is 11.9. The number of anilines is 2. The molecule has 0 saturated heterocycles. The molecule has 0 fully saturated rings. The van der Waals surface area contributed by atoms with Crippen LogP contribution >= 0.6 is 0 Å². The zero-order chi connectivity index (χ0) is 27.1. The number of hydrogen-bond acceptors (Lipinski definition) is 10. The van der Waals surface area contributed by atoms with Gasteiger partial charge in [0.1, 0.15) is 5.75 Å². The van der Waals surface area contributed by atoms with Crippen LogP contribution in [0, 0.1) is 13.8 Å². The summed E-state index contributed by atoms with van der Waals surface area (Å²) in [6, 6.07) is 10.9. The minimum atomic E-state index is -4.02. The van der Waals surface area contributed by atoms with E-state index in [0.717, 1.165) is 23.1 Å². The number of carbonyl (C=O) groups is 1. The summed E-state index contributed by atoms with van der Waals surface area (Å²) in [7, 11) is -7.53. The van der Waals surface area contributed by atoms with Gasteiger partial charge >= 0.3 is 12.0 Å². The molecule has 2 aromatic carbocycles. The van der Waals surface area contributed by atoms with Crippen LogP contribution in [0.25, 0.3) is 0 Å². The number of hydrazine groups is 1. The number of sulfone groups is 1. The van der Waals surface area contributed by atoms with Gasteiger partial charge in [0.2, 0.25) is 19.9 Å². The van der Waals surface area contributed by atoms with Crippen molar-refractivity contribution in [2.75, 3.05) is 29.6 Å². The van der Waals surface area contributed by atoms with Crippen molar-refractivity contribution in [3.8, 4) is 5.75 Å². The van der Waals surface area contributed by atoms with Crippen molar-refractivity contribution in [3.63, 3.8) is 0 Å². The smallest absolute Gasteiger partial charge is 0.341 e. The summed E-state index contributed by atoms with van der Waals surface area (Å²) in [5.41, 5.74) is 7.33. The molecule has 0 radical (unpaired) electrons. The molecule has 200 valence electrons. The number of urea groups is 1. The molecule has 2 amide bonds. The van der Waals surface area contributed by atoms with Crippen LogP contribution in [-0.2, 0) is 25.6 Å². The lowest BCUT2D eigenvalue weighted by Gasteiger charge is -2.10. The maximum Gasteiger partial charge on any atom is 0.341 e. The molecular weight excluding hydrogens is 524 g/mol. The number of ether oxygens (including phenoxy) is 1. The van der Waals surface area contributed by atoms with Crippen LogP contribution in [0.5, 0.6) is 5.75 Å². The Labute approximate surface area is 214 Å². The fourth-order valence-corrected chi connectivity index (χ4v) is 4.86. The van der Waals surface area contributed by atoms with Crippen LogP contribution < -0.4 is 25.6 Å². The molecule has 13 nitrogen and oxygen atoms in total. The Balaban J connectivity index is 1.43. The fourth-order valence-electron chi connectivity index (χ4n) is 3.18. The molecule has 1 heterocycles. The molecule has 0 bridgehead atoms. The van der Waals surface area contributed by atoms with Gasteiger partial charge in [0, 0.05) is 12.2 Å². The van der Waals surface area contributed by atoms with E-state index in [0.29, 0.717) is 25.1 Å². The number of carbonyl (C=O) groups excluding carboxylic acids is 1. The monoisotopic (exact) mass is 552 g/mol. The van der Waals surface area contributed by atoms with Crippen LogP contribution in [0.15, 0.2) is 52.1 Å². The van der Waals surface area contributed by atoms with Crippen LogP contribution in [-0.4, -0.2) is 52.4 Å². The quantitative estimate of drug-likeness (QED) is 0.192. The number of benzene rings is 2. The lowest BCUT2D eigenvalue weighted by molar-refractivity contribution is 0.240. The van der Waals surface area contributed by atoms with E-state index in [9.17, 15) is 21.6 Å². The molecule has 3 aromatic rings. The van der Waals surface area contributed by atoms with Gasteiger partial charge in [-0.25, -0.2) is 32.5 Å². The summed E-state index contributed by atoms with van der Waals surface area (Å²) < 4.78 is 60.8. The second-order valence-corrected chi connectivity index (χ2v) is 11.8. The molecule has 3 rings (SSSR count). The molecule has 0 aliphatic heterocycles. The number of amides is 2. The number of nitrogens with zero attached hydrogens (tertiary/aromatic N) is 2. The van der Waals surface area contributed by atoms with Gasteiger partial charge < -0.3 is 14.6 Å². The van der Waals surface area contributed by atoms with Gasteiger partial charge in [-0.3, -0.25) is 4.72 Å². The molecule has 0 aliphatic rings. The Kier molecular flexibility index (Phi) is 8.94. The maximum atomic E-state index is 12.6. The summed E-state index contributed by atoms with van der Waals surface area (Å²) in [6.07, 6.45) is 1.55. The standard InChI is InChI=1S/C22H28N6O7S2/c1-15-8-9-19(16(2)12-15)34-11-5-10-23-20(29)25-26-21-24-22(27-35-21)37(32,33)14-17-6-4-7-18(13-17)28-36(3,30)31/h4,6-9,12-13,28H,5,10-11,14H2,1-3H3,(H2,23,25,29)(H,24,26,27). The molecule has 4 N–H and O–H groups in total. The minimum Gasteiger partial charge on any atom is -0.493 e. The number of rotatable bonds is 12. The largest absolute Gasteiger partial charge is 0.493 e. The Hall–Kier alpha value is -3.85. The molecule has 0 atom stereocenters. The number of aryl methyl sites for hydroxylation is 2. The zero-order valence-electron chi connectivity index (χ0n) is 20.4. The van der Waals surface area contributed by atoms with Gasteiger partial charge in [0.05, 0.1) is 18.6 Å². The number of hydrogen-bond donors (Lipinski definition) is 4. The van der Waals surface area contributed by atoms with E-state index in [2.05, 4.69) is 31.0 Å². The first kappa shape index (κ1) is 27.7. The molecule has 15 heteroatoms. The highest BCUT2D eigenvalue weighted by molar-refractivity contribution is 7.92. The number of sulfonamides is 1. The Bertz CT molecular complexity index is 1460. The first-order valence-electron chi connectivity index (χ1n) is 11.0. The van der Waals surface area contributed by atoms with Gasteiger partial charge in [-0.2, -0.15) is 4.98 Å². The SMILES string of the molecule is Cc1ccc(OCCCNC(=O)NNc2nc(S(=O)(=O)Cc3cccc(NS(C)(=O)=O)c3)no2)c(C)c1. The molecule has 37 heavy (non-hydrogen) atoms. The van der Waals surface area contributed by atoms with Crippen molar-refractivity contribution in [2.24, 2.45) is 0 Å². The highest BCUT2D eigenvalue weighted by atomic mass is 32.2. The van der Waals surface area contributed by atoms with E-state index in [-0.39, 0.29) is 11.7 Å². The Morgan fingerprint density at radius 1 is 1.08 bits per heavy atom. The molecular formula is C22H28N6O7S2. The highest BCUT2D eigenvalue weighted by Gasteiger charge is 2.23. The summed E-state index contributed by atoms with van der Waals surface area (Å²) in [6.45, 7) is 4.71. The summed E-state index contributed by atoms with van der Waals surface area (Å²) in [5.74, 6) is 0.292. The van der Waals surface area contributed by atoms with Crippen LogP contribution in [0.1, 0.15) is 23.1 Å². The predicted octanol–water partition coefficient (Wildman–Crippen LogP) is 2.13. The number of aromatic nitrogens is 2. The molecule has 1 aromatic heterocycles. The Morgan fingerprint density at radius 2 is 1.86 bits per heavy atom. The summed E-state index contributed by atoms with van der Waals surface area (Å²) in [5, 5.41) is 5.44. The zero-order valence-corrected chi connectivity index (χ0v) is 22.1. The summed E-state index contributed by atoms with van der Waals surface area (Å²) >= 11 is 0. The van der Waals surface area contributed by atoms with E-state index in [1.807, 2.05) is 32.0 Å². The first-order chi connectivity index (χ1) is 17.4. The predicted molar refractivity (Wildman–Crippen MR) is 136 cm³/mol. The number of nitrogens with one attached hydrogen (secondary N) is 4. The lowest BCUT2D eigenvalue weighted by Crippen LogP contribution is -2.39. The third-order valence-electron chi connectivity index (χ3n) is 4.75. The van der Waals surface area contributed by atoms with Crippen molar-refractivity contribution >= 4 is 37.6 Å². The van der Waals surface area contributed by atoms with Crippen molar-refractivity contribution < 1.29 is 30.9 Å². The summed E-state index contributed by atoms with van der Waals surface area (Å²) in [4.78, 5) is 15.7. The van der Waals surface area contributed by atoms with Crippen molar-refractivity contribution in [1.82, 2.24) is 20.9 Å². The van der Waals surface area contributed by atoms with E-state index in [1.54, 1.807) is 0 Å². The molecule has 0 aliphatic carbocycles. The van der Waals surface area contributed by atoms with Crippen molar-refractivity contribution in [1.29, 1.82) is 0 Å². The minimum absolute atomic E-state index is 0.220. The fraction of sp³-hybridized carbons (Fsp3) is 0.318. The van der Waals surface area contributed by atoms with Crippen molar-refractivity contribution in [3.05, 3.63) is 59.2 Å². The van der Waals surface area contributed by atoms with Gasteiger partial charge in [-0.1, -0.05) is 29.8 Å². The second-order valence-electron chi connectivity index (χ2n) is 8.19. The highest BCUT2D eigenvalue weighted by Crippen LogP contribution is 2.19. The van der Waals surface area contributed by atoms with Crippen LogP contribution in [0.2, 0.25) is 0 Å². The lowest BCUT2D eigenvalue weighted by atomic mass is 10.1. The Morgan fingerprint density at radius 3 is 2.59 bits per heavy atom. The van der Waals surface area contributed by atoms with E-state index in [4.69, 9.17) is 9.26 Å². The molecule has 0 unspecified atom stereocenters. The first-order valence-corrected chi connectivity index (χ1v) is 14.6. The maximum absolute atomic E-state index is 12.6. The average molecular weight is 553 g/mol. The molecule has 0 saturated carbocycles. The van der Waals surface area contributed by atoms with Gasteiger partial charge in [0.15, 0.2) is 0 Å². The third kappa shape index (κ3) is 8.95. The van der Waals surface area contributed by atoms with E-state index >= 15 is 0 Å². The van der Waals surface area contributed by atoms with Gasteiger partial charge in [0.25, 0.3) is 5.16 Å².